The van der Waals surface area contributed by atoms with Gasteiger partial charge in [-0.05, 0) is 60.7 Å². The summed E-state index contributed by atoms with van der Waals surface area (Å²) in [5.41, 5.74) is 2.93. The first-order valence-corrected chi connectivity index (χ1v) is 12.0. The molecule has 0 fully saturated rings. The van der Waals surface area contributed by atoms with E-state index in [1.54, 1.807) is 18.2 Å². The molecule has 0 radical (unpaired) electrons. The standard InChI is InChI=1S/C22H25ClN2O5S/c1-30-11-10-24-22(27)19-8-6-17(14-20(19)23)25-21(26)9-12-31(28,29)18-7-5-15-3-2-4-16(15)13-18/h5-8,13-14H,2-4,9-12H2,1H3,(H,24,27)(H,25,26). The Hall–Kier alpha value is -2.42. The van der Waals surface area contributed by atoms with Crippen molar-refractivity contribution in [1.29, 1.82) is 0 Å². The minimum Gasteiger partial charge on any atom is -0.383 e. The van der Waals surface area contributed by atoms with Crippen LogP contribution in [-0.4, -0.2) is 46.2 Å². The normalized spacial score (nSPS) is 13.0. The smallest absolute Gasteiger partial charge is 0.252 e. The van der Waals surface area contributed by atoms with Gasteiger partial charge in [0.15, 0.2) is 9.84 Å². The number of carbonyl (C=O) groups excluding carboxylic acids is 2. The highest BCUT2D eigenvalue weighted by atomic mass is 35.5. The topological polar surface area (TPSA) is 102 Å². The Kier molecular flexibility index (Phi) is 7.69. The minimum absolute atomic E-state index is 0.179. The van der Waals surface area contributed by atoms with Crippen molar-refractivity contribution in [3.63, 3.8) is 0 Å². The third-order valence-corrected chi connectivity index (χ3v) is 7.14. The number of sulfone groups is 1. The van der Waals surface area contributed by atoms with Crippen LogP contribution < -0.4 is 10.6 Å². The Bertz CT molecular complexity index is 1090. The Morgan fingerprint density at radius 1 is 1.10 bits per heavy atom. The van der Waals surface area contributed by atoms with Crippen molar-refractivity contribution < 1.29 is 22.7 Å². The zero-order chi connectivity index (χ0) is 22.4. The van der Waals surface area contributed by atoms with Crippen LogP contribution in [0.5, 0.6) is 0 Å². The van der Waals surface area contributed by atoms with E-state index < -0.39 is 15.7 Å². The van der Waals surface area contributed by atoms with Crippen LogP contribution in [-0.2, 0) is 32.2 Å². The van der Waals surface area contributed by atoms with Gasteiger partial charge in [-0.15, -0.1) is 0 Å². The highest BCUT2D eigenvalue weighted by Gasteiger charge is 2.20. The van der Waals surface area contributed by atoms with Crippen LogP contribution in [0.3, 0.4) is 0 Å². The van der Waals surface area contributed by atoms with Crippen LogP contribution in [0.15, 0.2) is 41.3 Å². The molecular formula is C22H25ClN2O5S. The fourth-order valence-electron chi connectivity index (χ4n) is 3.45. The number of aryl methyl sites for hydroxylation is 2. The lowest BCUT2D eigenvalue weighted by molar-refractivity contribution is -0.115. The van der Waals surface area contributed by atoms with Gasteiger partial charge in [-0.3, -0.25) is 9.59 Å². The van der Waals surface area contributed by atoms with Crippen LogP contribution in [0.25, 0.3) is 0 Å². The van der Waals surface area contributed by atoms with E-state index in [0.717, 1.165) is 24.8 Å². The zero-order valence-corrected chi connectivity index (χ0v) is 18.8. The second-order valence-electron chi connectivity index (χ2n) is 7.34. The molecule has 2 N–H and O–H groups in total. The number of nitrogens with one attached hydrogen (secondary N) is 2. The first-order valence-electron chi connectivity index (χ1n) is 10.0. The van der Waals surface area contributed by atoms with E-state index in [1.807, 2.05) is 6.07 Å². The molecule has 0 aliphatic heterocycles. The van der Waals surface area contributed by atoms with Crippen molar-refractivity contribution in [2.24, 2.45) is 0 Å². The zero-order valence-electron chi connectivity index (χ0n) is 17.2. The molecule has 3 rings (SSSR count). The number of hydrogen-bond donors (Lipinski definition) is 2. The van der Waals surface area contributed by atoms with E-state index in [9.17, 15) is 18.0 Å². The molecule has 2 aromatic rings. The van der Waals surface area contributed by atoms with Crippen molar-refractivity contribution in [2.45, 2.75) is 30.6 Å². The molecule has 166 valence electrons. The van der Waals surface area contributed by atoms with Gasteiger partial charge >= 0.3 is 0 Å². The number of ether oxygens (including phenoxy) is 1. The predicted octanol–water partition coefficient (Wildman–Crippen LogP) is 3.01. The van der Waals surface area contributed by atoms with Gasteiger partial charge < -0.3 is 15.4 Å². The average Bonchev–Trinajstić information content (AvgIpc) is 3.20. The van der Waals surface area contributed by atoms with Crippen molar-refractivity contribution in [3.8, 4) is 0 Å². The summed E-state index contributed by atoms with van der Waals surface area (Å²) < 4.78 is 30.1. The summed E-state index contributed by atoms with van der Waals surface area (Å²) in [6, 6.07) is 9.72. The molecule has 1 aliphatic carbocycles. The van der Waals surface area contributed by atoms with Crippen molar-refractivity contribution in [3.05, 3.63) is 58.1 Å². The number of methoxy groups -OCH3 is 1. The van der Waals surface area contributed by atoms with E-state index in [4.69, 9.17) is 16.3 Å². The Morgan fingerprint density at radius 2 is 1.87 bits per heavy atom. The van der Waals surface area contributed by atoms with Crippen LogP contribution in [0.4, 0.5) is 5.69 Å². The fourth-order valence-corrected chi connectivity index (χ4v) is 5.00. The molecule has 1 aliphatic rings. The number of rotatable bonds is 9. The summed E-state index contributed by atoms with van der Waals surface area (Å²) >= 11 is 6.16. The molecule has 31 heavy (non-hydrogen) atoms. The quantitative estimate of drug-likeness (QED) is 0.555. The Labute approximate surface area is 187 Å². The van der Waals surface area contributed by atoms with Gasteiger partial charge in [-0.25, -0.2) is 8.42 Å². The fraction of sp³-hybridized carbons (Fsp3) is 0.364. The first kappa shape index (κ1) is 23.2. The highest BCUT2D eigenvalue weighted by Crippen LogP contribution is 2.26. The summed E-state index contributed by atoms with van der Waals surface area (Å²) in [4.78, 5) is 24.6. The molecule has 0 aromatic heterocycles. The predicted molar refractivity (Wildman–Crippen MR) is 119 cm³/mol. The summed E-state index contributed by atoms with van der Waals surface area (Å²) in [5.74, 6) is -1.08. The maximum Gasteiger partial charge on any atom is 0.252 e. The molecule has 9 heteroatoms. The largest absolute Gasteiger partial charge is 0.383 e. The molecule has 0 saturated heterocycles. The molecule has 0 bridgehead atoms. The average molecular weight is 465 g/mol. The van der Waals surface area contributed by atoms with Crippen molar-refractivity contribution in [2.75, 3.05) is 31.3 Å². The lowest BCUT2D eigenvalue weighted by atomic mass is 10.1. The second kappa shape index (κ2) is 10.3. The third kappa shape index (κ3) is 6.06. The number of carbonyl (C=O) groups is 2. The SMILES string of the molecule is COCCNC(=O)c1ccc(NC(=O)CCS(=O)(=O)c2ccc3c(c2)CCC3)cc1Cl. The number of fused-ring (bicyclic) bond motifs is 1. The summed E-state index contributed by atoms with van der Waals surface area (Å²) in [6.45, 7) is 0.731. The molecule has 2 aromatic carbocycles. The molecular weight excluding hydrogens is 440 g/mol. The molecule has 0 saturated carbocycles. The minimum atomic E-state index is -3.56. The number of amides is 2. The van der Waals surface area contributed by atoms with Gasteiger partial charge in [0.25, 0.3) is 5.91 Å². The van der Waals surface area contributed by atoms with Crippen molar-refractivity contribution >= 4 is 38.9 Å². The van der Waals surface area contributed by atoms with Gasteiger partial charge in [0.2, 0.25) is 5.91 Å². The van der Waals surface area contributed by atoms with E-state index >= 15 is 0 Å². The highest BCUT2D eigenvalue weighted by molar-refractivity contribution is 7.91. The monoisotopic (exact) mass is 464 g/mol. The Balaban J connectivity index is 1.57. The van der Waals surface area contributed by atoms with E-state index in [-0.39, 0.29) is 33.6 Å². The number of hydrogen-bond acceptors (Lipinski definition) is 5. The summed E-state index contributed by atoms with van der Waals surface area (Å²) in [6.07, 6.45) is 2.72. The number of halogens is 1. The third-order valence-electron chi connectivity index (χ3n) is 5.12. The van der Waals surface area contributed by atoms with E-state index in [0.29, 0.717) is 18.8 Å². The van der Waals surface area contributed by atoms with Crippen molar-refractivity contribution in [1.82, 2.24) is 5.32 Å². The second-order valence-corrected chi connectivity index (χ2v) is 9.86. The van der Waals surface area contributed by atoms with Gasteiger partial charge in [0, 0.05) is 25.8 Å². The lowest BCUT2D eigenvalue weighted by Gasteiger charge is -2.10. The molecule has 0 unspecified atom stereocenters. The van der Waals surface area contributed by atoms with Crippen LogP contribution in [0.1, 0.15) is 34.3 Å². The number of anilines is 1. The molecule has 0 heterocycles. The van der Waals surface area contributed by atoms with Crippen LogP contribution in [0.2, 0.25) is 5.02 Å². The van der Waals surface area contributed by atoms with Gasteiger partial charge in [-0.2, -0.15) is 0 Å². The van der Waals surface area contributed by atoms with Crippen LogP contribution >= 0.6 is 11.6 Å². The molecule has 0 atom stereocenters. The Morgan fingerprint density at radius 3 is 2.61 bits per heavy atom. The molecule has 0 spiro atoms. The van der Waals surface area contributed by atoms with Gasteiger partial charge in [-0.1, -0.05) is 17.7 Å². The van der Waals surface area contributed by atoms with Gasteiger partial charge in [0.05, 0.1) is 27.8 Å². The summed E-state index contributed by atoms with van der Waals surface area (Å²) in [5, 5.41) is 5.47. The molecule has 2 amide bonds. The summed E-state index contributed by atoms with van der Waals surface area (Å²) in [7, 11) is -2.02. The van der Waals surface area contributed by atoms with E-state index in [1.165, 1.54) is 24.8 Å². The van der Waals surface area contributed by atoms with Crippen LogP contribution in [0, 0.1) is 0 Å². The molecule has 7 nitrogen and oxygen atoms in total. The van der Waals surface area contributed by atoms with E-state index in [2.05, 4.69) is 10.6 Å². The lowest BCUT2D eigenvalue weighted by Crippen LogP contribution is -2.27. The number of benzene rings is 2. The van der Waals surface area contributed by atoms with Gasteiger partial charge in [0.1, 0.15) is 0 Å². The first-order chi connectivity index (χ1) is 14.8. The maximum atomic E-state index is 12.6. The maximum absolute atomic E-state index is 12.6.